The summed E-state index contributed by atoms with van der Waals surface area (Å²) in [5.41, 5.74) is 26.4. The van der Waals surface area contributed by atoms with Crippen LogP contribution in [0.5, 0.6) is 5.75 Å². The van der Waals surface area contributed by atoms with Crippen molar-refractivity contribution >= 4 is 56.1 Å². The molecule has 8 bridgehead atoms. The number of carbonyl (C=O) groups excluding carboxylic acids is 2. The fraction of sp³-hybridized carbons (Fsp3) is 0.495. The van der Waals surface area contributed by atoms with E-state index in [0.29, 0.717) is 137 Å². The van der Waals surface area contributed by atoms with Crippen LogP contribution in [0, 0.1) is 111 Å². The molecule has 1 unspecified atom stereocenters. The predicted molar refractivity (Wildman–Crippen MR) is 525 cm³/mol. The number of ether oxygens (including phenoxy) is 12. The number of unbranched alkanes of at least 4 members (excludes halogenated alkanes) is 6. The Balaban J connectivity index is 0.000000397. The molecular weight excluding hydrogens is 1700 g/mol. The Morgan fingerprint density at radius 3 is 0.985 bits per heavy atom. The zero-order valence-corrected chi connectivity index (χ0v) is 84.2. The van der Waals surface area contributed by atoms with Crippen molar-refractivity contribution in [3.8, 4) is 51.3 Å². The molecule has 10 rings (SSSR count). The van der Waals surface area contributed by atoms with E-state index >= 15 is 0 Å². The maximum absolute atomic E-state index is 12.5. The van der Waals surface area contributed by atoms with Gasteiger partial charge in [0.15, 0.2) is 0 Å². The van der Waals surface area contributed by atoms with Gasteiger partial charge in [0.2, 0.25) is 0 Å². The largest absolute Gasteiger partial charge is 2.00 e. The molecule has 23 nitrogen and oxygen atoms in total. The SMILES string of the molecule is C.C=CCOCCCOCCCC/C=C\COC(OC/C=C\CCCCOCCCOCC=C)(OC/C=C\CCCCOCCCOCC=C)Oc1ccc(CCC(=O)OCC(O)COC(=O)C(=C)C)cc1.CC.Cc1c(C)c(C)c2c(c1C)-c1nc-2nc2[n-]c(nc3nc(nc4[n-]c(n1)c1c(C)c(C)c(C)c(C)c41)-c1c(C)c(C)c(C)c(C)c1-3)c1c(C)c(C)c(C)c(C)c21.[Zn+2]. The predicted octanol–water partition coefficient (Wildman–Crippen LogP) is 22.4. The average molecular weight is 1850 g/mol. The minimum atomic E-state index is -1.90. The molecular formula is C107H146N8O15Zn. The van der Waals surface area contributed by atoms with Gasteiger partial charge in [0, 0.05) is 116 Å². The van der Waals surface area contributed by atoms with Crippen molar-refractivity contribution in [1.82, 2.24) is 39.9 Å². The van der Waals surface area contributed by atoms with E-state index in [1.807, 2.05) is 44.2 Å². The fourth-order valence-corrected chi connectivity index (χ4v) is 15.3. The number of esters is 2. The molecule has 24 heteroatoms. The fourth-order valence-electron chi connectivity index (χ4n) is 15.3. The number of aromatic nitrogens is 8. The van der Waals surface area contributed by atoms with Crippen molar-refractivity contribution in [3.05, 3.63) is 205 Å². The molecule has 1 N–H and O–H groups in total. The smallest absolute Gasteiger partial charge is 0.463 e. The number of nitrogens with zero attached hydrogens (tertiary/aromatic N) is 8. The molecule has 0 saturated carbocycles. The molecule has 8 aromatic rings. The molecule has 0 spiro atoms. The van der Waals surface area contributed by atoms with Gasteiger partial charge in [-0.2, -0.15) is 0 Å². The van der Waals surface area contributed by atoms with Crippen LogP contribution < -0.4 is 14.7 Å². The first-order chi connectivity index (χ1) is 62.2. The summed E-state index contributed by atoms with van der Waals surface area (Å²) in [5.74, 6) is 1.72. The van der Waals surface area contributed by atoms with Crippen molar-refractivity contribution in [3.63, 3.8) is 0 Å². The molecule has 706 valence electrons. The number of fused-ring (bicyclic) bond motifs is 20. The summed E-state index contributed by atoms with van der Waals surface area (Å²) in [5, 5.41) is 14.0. The average Bonchev–Trinajstić information content (AvgIpc) is 1.58. The minimum Gasteiger partial charge on any atom is -0.463 e. The van der Waals surface area contributed by atoms with Gasteiger partial charge in [-0.05, 0) is 329 Å². The first-order valence-electron chi connectivity index (χ1n) is 45.9. The summed E-state index contributed by atoms with van der Waals surface area (Å²) in [7, 11) is 0. The van der Waals surface area contributed by atoms with Gasteiger partial charge in [-0.3, -0.25) is 19.0 Å². The summed E-state index contributed by atoms with van der Waals surface area (Å²) in [6, 6.07) is 7.19. The topological polar surface area (TPSA) is 271 Å². The monoisotopic (exact) mass is 1850 g/mol. The molecule has 0 amide bonds. The van der Waals surface area contributed by atoms with Crippen molar-refractivity contribution in [2.45, 2.75) is 241 Å². The van der Waals surface area contributed by atoms with Crippen LogP contribution in [0.2, 0.25) is 0 Å². The molecule has 3 aromatic heterocycles. The van der Waals surface area contributed by atoms with E-state index in [-0.39, 0.29) is 71.9 Å². The van der Waals surface area contributed by atoms with E-state index in [4.69, 9.17) is 96.7 Å². The van der Waals surface area contributed by atoms with Crippen molar-refractivity contribution in [1.29, 1.82) is 0 Å². The number of aryl methyl sites for hydroxylation is 5. The zero-order chi connectivity index (χ0) is 93.7. The van der Waals surface area contributed by atoms with Crippen LogP contribution in [0.15, 0.2) is 111 Å². The van der Waals surface area contributed by atoms with Gasteiger partial charge < -0.3 is 77.6 Å². The number of aliphatic hydroxyl groups is 1. The van der Waals surface area contributed by atoms with Crippen LogP contribution in [0.3, 0.4) is 0 Å². The normalized spacial score (nSPS) is 11.9. The Labute approximate surface area is 792 Å². The second kappa shape index (κ2) is 56.6. The molecule has 0 aliphatic carbocycles. The maximum Gasteiger partial charge on any atom is 2.00 e. The molecule has 5 aromatic carbocycles. The van der Waals surface area contributed by atoms with Crippen molar-refractivity contribution in [2.75, 3.05) is 112 Å². The number of hydrogen-bond acceptors (Lipinski definition) is 21. The summed E-state index contributed by atoms with van der Waals surface area (Å²) >= 11 is 0. The first kappa shape index (κ1) is 110. The molecule has 131 heavy (non-hydrogen) atoms. The summed E-state index contributed by atoms with van der Waals surface area (Å²) in [4.78, 5) is 66.9. The molecule has 1 atom stereocenters. The van der Waals surface area contributed by atoms with Gasteiger partial charge in [0.05, 0.1) is 62.9 Å². The van der Waals surface area contributed by atoms with E-state index in [1.165, 1.54) is 51.4 Å². The molecule has 0 radical (unpaired) electrons. The van der Waals surface area contributed by atoms with Gasteiger partial charge >= 0.3 is 37.6 Å². The second-order valence-corrected chi connectivity index (χ2v) is 32.8. The number of hydrogen-bond donors (Lipinski definition) is 1. The van der Waals surface area contributed by atoms with E-state index in [9.17, 15) is 14.7 Å². The standard InChI is InChI=1S/C56H88O15.C48H48N8.C2H6.CH4.Zn/c1-6-33-60-39-24-42-63-36-18-12-9-15-21-45-68-56(69-46-22-16-10-13-19-37-64-43-25-40-61-34-7-2,70-47-23-17-11-14-20-38-65-44-26-41-62-35-8-3)71-53-30-27-51(28-31-53)29-32-54(58)66-48-52(57)49-67-55(59)50(4)5;1-17-18(2)26(10)34-33(25(17)9)41-49-42(34)54-44-37-29(13)21(5)22(6)30(14)38(37)46(51-44)56-48-40-32(16)24(8)23(7)31(15)39(40)47(52-48)55-45-36-28(12)20(4)19(3)27(11)35(36)43(50-45)53-41;1-2;;/h6-8,15-17,21-23,27-28,30-31,52,57H,1-4,9-14,18-20,24-26,29,32-49H2,5H3;1-16H3;1-2H3;1H4;/q;-2;;;+2/b21-15-,22-16-,23-17-;;;;. The number of aliphatic hydroxyl groups excluding tert-OH is 1. The Bertz CT molecular complexity index is 4890. The van der Waals surface area contributed by atoms with Crippen molar-refractivity contribution < 1.29 is 91.0 Å². The Morgan fingerprint density at radius 1 is 0.389 bits per heavy atom. The quantitative estimate of drug-likeness (QED) is 0.00926. The minimum absolute atomic E-state index is 0. The Morgan fingerprint density at radius 2 is 0.679 bits per heavy atom. The molecule has 2 aliphatic rings. The molecule has 0 fully saturated rings. The van der Waals surface area contributed by atoms with Gasteiger partial charge in [0.1, 0.15) is 25.1 Å². The summed E-state index contributed by atoms with van der Waals surface area (Å²) in [6.07, 6.45) is 25.4. The zero-order valence-electron chi connectivity index (χ0n) is 81.3. The van der Waals surface area contributed by atoms with Gasteiger partial charge in [-0.1, -0.05) is 94.7 Å². The molecule has 5 heterocycles. The molecule has 0 saturated heterocycles. The third kappa shape index (κ3) is 30.6. The Kier molecular flexibility index (Phi) is 47.7. The second-order valence-electron chi connectivity index (χ2n) is 32.8. The van der Waals surface area contributed by atoms with E-state index in [1.54, 1.807) is 30.4 Å². The maximum atomic E-state index is 12.5. The van der Waals surface area contributed by atoms with E-state index in [0.717, 1.165) is 171 Å². The van der Waals surface area contributed by atoms with Crippen LogP contribution in [0.25, 0.3) is 89.7 Å². The van der Waals surface area contributed by atoms with Crippen LogP contribution in [-0.4, -0.2) is 172 Å². The third-order valence-electron chi connectivity index (χ3n) is 23.9. The first-order valence-corrected chi connectivity index (χ1v) is 45.9. The summed E-state index contributed by atoms with van der Waals surface area (Å²) in [6.45, 7) is 62.3. The van der Waals surface area contributed by atoms with E-state index < -0.39 is 24.2 Å². The number of rotatable bonds is 52. The molecule has 2 aliphatic heterocycles. The number of benzene rings is 5. The number of carbonyl (C=O) groups is 2. The van der Waals surface area contributed by atoms with Gasteiger partial charge in [0.25, 0.3) is 0 Å². The summed E-state index contributed by atoms with van der Waals surface area (Å²) < 4.78 is 68.9. The number of allylic oxidation sites excluding steroid dienone is 3. The van der Waals surface area contributed by atoms with Crippen molar-refractivity contribution in [2.24, 2.45) is 0 Å². The van der Waals surface area contributed by atoms with Gasteiger partial charge in [-0.25, -0.2) is 14.8 Å². The Hall–Kier alpha value is -9.40. The van der Waals surface area contributed by atoms with E-state index in [2.05, 4.69) is 155 Å². The van der Waals surface area contributed by atoms with Crippen LogP contribution in [0.4, 0.5) is 0 Å². The van der Waals surface area contributed by atoms with Crippen LogP contribution in [0.1, 0.15) is 206 Å². The third-order valence-corrected chi connectivity index (χ3v) is 23.9. The van der Waals surface area contributed by atoms with Crippen LogP contribution >= 0.6 is 0 Å². The van der Waals surface area contributed by atoms with Crippen LogP contribution in [-0.2, 0) is 87.6 Å². The van der Waals surface area contributed by atoms with Gasteiger partial charge in [-0.15, -0.1) is 19.7 Å².